The van der Waals surface area contributed by atoms with E-state index in [1.807, 2.05) is 6.92 Å². The molecule has 1 atom stereocenters. The molecule has 0 aliphatic heterocycles. The SMILES string of the molecule is C=NC(C)CCCC=O. The first-order valence-electron chi connectivity index (χ1n) is 3.20. The zero-order chi connectivity index (χ0) is 7.11. The van der Waals surface area contributed by atoms with E-state index in [0.717, 1.165) is 19.1 Å². The molecular formula is C7H13NO. The molecule has 2 heteroatoms. The van der Waals surface area contributed by atoms with Crippen molar-refractivity contribution in [2.45, 2.75) is 32.2 Å². The third kappa shape index (κ3) is 5.21. The van der Waals surface area contributed by atoms with Gasteiger partial charge in [0.25, 0.3) is 0 Å². The Bertz CT molecular complexity index is 90.9. The number of aliphatic imine (C=N–C) groups is 1. The van der Waals surface area contributed by atoms with Crippen molar-refractivity contribution in [1.29, 1.82) is 0 Å². The van der Waals surface area contributed by atoms with Gasteiger partial charge in [0, 0.05) is 12.5 Å². The Balaban J connectivity index is 3.05. The van der Waals surface area contributed by atoms with Crippen LogP contribution in [0.15, 0.2) is 4.99 Å². The second-order valence-electron chi connectivity index (χ2n) is 2.13. The number of nitrogens with zero attached hydrogens (tertiary/aromatic N) is 1. The number of hydrogen-bond acceptors (Lipinski definition) is 2. The molecule has 0 radical (unpaired) electrons. The summed E-state index contributed by atoms with van der Waals surface area (Å²) in [6, 6.07) is 0.310. The topological polar surface area (TPSA) is 29.4 Å². The molecular weight excluding hydrogens is 114 g/mol. The molecule has 0 aliphatic carbocycles. The lowest BCUT2D eigenvalue weighted by molar-refractivity contribution is -0.107. The first kappa shape index (κ1) is 8.34. The molecule has 0 rings (SSSR count). The van der Waals surface area contributed by atoms with Gasteiger partial charge in [-0.2, -0.15) is 0 Å². The highest BCUT2D eigenvalue weighted by molar-refractivity contribution is 5.48. The Morgan fingerprint density at radius 3 is 2.89 bits per heavy atom. The Hall–Kier alpha value is -0.660. The fourth-order valence-electron chi connectivity index (χ4n) is 0.588. The lowest BCUT2D eigenvalue weighted by Gasteiger charge is -2.00. The molecule has 0 heterocycles. The number of unbranched alkanes of at least 4 members (excludes halogenated alkanes) is 1. The Kier molecular flexibility index (Phi) is 5.07. The van der Waals surface area contributed by atoms with Gasteiger partial charge < -0.3 is 4.79 Å². The number of aldehydes is 1. The standard InChI is InChI=1S/C7H13NO/c1-7(8-2)5-3-4-6-9/h6-7H,2-5H2,1H3. The van der Waals surface area contributed by atoms with Crippen LogP contribution in [0.4, 0.5) is 0 Å². The van der Waals surface area contributed by atoms with Crippen molar-refractivity contribution in [2.75, 3.05) is 0 Å². The summed E-state index contributed by atoms with van der Waals surface area (Å²) in [5.74, 6) is 0. The molecule has 0 fully saturated rings. The lowest BCUT2D eigenvalue weighted by Crippen LogP contribution is -1.95. The van der Waals surface area contributed by atoms with Gasteiger partial charge >= 0.3 is 0 Å². The minimum atomic E-state index is 0.310. The molecule has 0 aromatic heterocycles. The average molecular weight is 127 g/mol. The van der Waals surface area contributed by atoms with Gasteiger partial charge in [-0.1, -0.05) is 0 Å². The van der Waals surface area contributed by atoms with Gasteiger partial charge in [-0.15, -0.1) is 0 Å². The molecule has 0 amide bonds. The van der Waals surface area contributed by atoms with Crippen LogP contribution in [0.25, 0.3) is 0 Å². The minimum Gasteiger partial charge on any atom is -0.303 e. The predicted molar refractivity (Wildman–Crippen MR) is 38.9 cm³/mol. The maximum Gasteiger partial charge on any atom is 0.119 e. The highest BCUT2D eigenvalue weighted by Crippen LogP contribution is 2.00. The average Bonchev–Trinajstić information content (AvgIpc) is 1.89. The van der Waals surface area contributed by atoms with Gasteiger partial charge in [-0.3, -0.25) is 4.99 Å². The summed E-state index contributed by atoms with van der Waals surface area (Å²) in [6.45, 7) is 5.40. The zero-order valence-corrected chi connectivity index (χ0v) is 5.84. The number of hydrogen-bond donors (Lipinski definition) is 0. The number of carbonyl (C=O) groups is 1. The molecule has 0 N–H and O–H groups in total. The van der Waals surface area contributed by atoms with Gasteiger partial charge in [-0.25, -0.2) is 0 Å². The van der Waals surface area contributed by atoms with Crippen molar-refractivity contribution in [3.63, 3.8) is 0 Å². The number of carbonyl (C=O) groups excluding carboxylic acids is 1. The molecule has 0 saturated carbocycles. The molecule has 52 valence electrons. The summed E-state index contributed by atoms with van der Waals surface area (Å²) < 4.78 is 0. The van der Waals surface area contributed by atoms with Crippen LogP contribution in [0.2, 0.25) is 0 Å². The Morgan fingerprint density at radius 2 is 2.44 bits per heavy atom. The molecule has 0 aliphatic rings. The van der Waals surface area contributed by atoms with E-state index in [2.05, 4.69) is 11.7 Å². The molecule has 1 unspecified atom stereocenters. The molecule has 0 spiro atoms. The fraction of sp³-hybridized carbons (Fsp3) is 0.714. The van der Waals surface area contributed by atoms with Gasteiger partial charge in [0.2, 0.25) is 0 Å². The predicted octanol–water partition coefficient (Wildman–Crippen LogP) is 1.44. The molecule has 9 heavy (non-hydrogen) atoms. The smallest absolute Gasteiger partial charge is 0.119 e. The van der Waals surface area contributed by atoms with E-state index in [0.29, 0.717) is 12.5 Å². The van der Waals surface area contributed by atoms with Gasteiger partial charge in [-0.05, 0) is 26.5 Å². The molecule has 0 saturated heterocycles. The van der Waals surface area contributed by atoms with Gasteiger partial charge in [0.1, 0.15) is 6.29 Å². The highest BCUT2D eigenvalue weighted by Gasteiger charge is 1.94. The van der Waals surface area contributed by atoms with E-state index < -0.39 is 0 Å². The van der Waals surface area contributed by atoms with E-state index in [1.165, 1.54) is 0 Å². The van der Waals surface area contributed by atoms with Crippen molar-refractivity contribution in [1.82, 2.24) is 0 Å². The van der Waals surface area contributed by atoms with Crippen LogP contribution in [0.3, 0.4) is 0 Å². The third-order valence-corrected chi connectivity index (χ3v) is 1.26. The van der Waals surface area contributed by atoms with E-state index in [9.17, 15) is 4.79 Å². The second-order valence-corrected chi connectivity index (χ2v) is 2.13. The van der Waals surface area contributed by atoms with E-state index >= 15 is 0 Å². The highest BCUT2D eigenvalue weighted by atomic mass is 16.1. The molecule has 0 aromatic rings. The maximum atomic E-state index is 9.83. The Morgan fingerprint density at radius 1 is 1.78 bits per heavy atom. The van der Waals surface area contributed by atoms with Crippen LogP contribution in [0.5, 0.6) is 0 Å². The fourth-order valence-corrected chi connectivity index (χ4v) is 0.588. The second kappa shape index (κ2) is 5.48. The minimum absolute atomic E-state index is 0.310. The van der Waals surface area contributed by atoms with Crippen molar-refractivity contribution < 1.29 is 4.79 Å². The van der Waals surface area contributed by atoms with Crippen LogP contribution in [0.1, 0.15) is 26.2 Å². The Labute approximate surface area is 56.0 Å². The first-order chi connectivity index (χ1) is 4.31. The summed E-state index contributed by atoms with van der Waals surface area (Å²) >= 11 is 0. The van der Waals surface area contributed by atoms with Crippen LogP contribution < -0.4 is 0 Å². The lowest BCUT2D eigenvalue weighted by atomic mass is 10.1. The van der Waals surface area contributed by atoms with Crippen LogP contribution in [-0.4, -0.2) is 19.0 Å². The third-order valence-electron chi connectivity index (χ3n) is 1.26. The van der Waals surface area contributed by atoms with Crippen molar-refractivity contribution >= 4 is 13.0 Å². The largest absolute Gasteiger partial charge is 0.303 e. The van der Waals surface area contributed by atoms with Gasteiger partial charge in [0.05, 0.1) is 0 Å². The van der Waals surface area contributed by atoms with Crippen molar-refractivity contribution in [3.05, 3.63) is 0 Å². The monoisotopic (exact) mass is 127 g/mol. The van der Waals surface area contributed by atoms with Crippen molar-refractivity contribution in [3.8, 4) is 0 Å². The van der Waals surface area contributed by atoms with E-state index in [1.54, 1.807) is 0 Å². The molecule has 2 nitrogen and oxygen atoms in total. The van der Waals surface area contributed by atoms with Crippen molar-refractivity contribution in [2.24, 2.45) is 4.99 Å². The maximum absolute atomic E-state index is 9.83. The normalized spacial score (nSPS) is 12.6. The van der Waals surface area contributed by atoms with E-state index in [4.69, 9.17) is 0 Å². The summed E-state index contributed by atoms with van der Waals surface area (Å²) in [5.41, 5.74) is 0. The van der Waals surface area contributed by atoms with Crippen LogP contribution in [-0.2, 0) is 4.79 Å². The van der Waals surface area contributed by atoms with Gasteiger partial charge in [0.15, 0.2) is 0 Å². The zero-order valence-electron chi connectivity index (χ0n) is 5.84. The summed E-state index contributed by atoms with van der Waals surface area (Å²) in [4.78, 5) is 13.6. The quantitative estimate of drug-likeness (QED) is 0.312. The van der Waals surface area contributed by atoms with Crippen LogP contribution in [0, 0.1) is 0 Å². The summed E-state index contributed by atoms with van der Waals surface area (Å²) in [6.07, 6.45) is 3.50. The van der Waals surface area contributed by atoms with E-state index in [-0.39, 0.29) is 0 Å². The summed E-state index contributed by atoms with van der Waals surface area (Å²) in [5, 5.41) is 0. The summed E-state index contributed by atoms with van der Waals surface area (Å²) in [7, 11) is 0. The molecule has 0 aromatic carbocycles. The first-order valence-corrected chi connectivity index (χ1v) is 3.20. The number of rotatable bonds is 5. The van der Waals surface area contributed by atoms with Crippen LogP contribution >= 0.6 is 0 Å². The molecule has 0 bridgehead atoms.